The lowest BCUT2D eigenvalue weighted by molar-refractivity contribution is 0.321. The second-order valence-electron chi connectivity index (χ2n) is 4.70. The molecule has 0 aromatic carbocycles. The summed E-state index contributed by atoms with van der Waals surface area (Å²) in [6.45, 7) is 1.82. The Bertz CT molecular complexity index is 334. The normalized spacial score (nSPS) is 15.9. The number of hydrogen-bond acceptors (Lipinski definition) is 3. The number of anilines is 1. The van der Waals surface area contributed by atoms with E-state index in [4.69, 9.17) is 5.73 Å². The minimum absolute atomic E-state index is 0.690. The van der Waals surface area contributed by atoms with Gasteiger partial charge in [-0.1, -0.05) is 12.5 Å². The van der Waals surface area contributed by atoms with Gasteiger partial charge in [-0.05, 0) is 43.4 Å². The van der Waals surface area contributed by atoms with Crippen molar-refractivity contribution in [3.05, 3.63) is 23.9 Å². The molecule has 1 aliphatic rings. The van der Waals surface area contributed by atoms with E-state index in [2.05, 4.69) is 23.0 Å². The highest BCUT2D eigenvalue weighted by Crippen LogP contribution is 2.28. The molecule has 88 valence electrons. The third kappa shape index (κ3) is 2.53. The fourth-order valence-corrected chi connectivity index (χ4v) is 2.27. The van der Waals surface area contributed by atoms with Crippen LogP contribution < -0.4 is 10.6 Å². The highest BCUT2D eigenvalue weighted by atomic mass is 15.2. The number of aromatic nitrogens is 1. The van der Waals surface area contributed by atoms with Gasteiger partial charge < -0.3 is 10.6 Å². The smallest absolute Gasteiger partial charge is 0.131 e. The molecule has 1 saturated carbocycles. The van der Waals surface area contributed by atoms with Crippen LogP contribution in [0.15, 0.2) is 18.3 Å². The van der Waals surface area contributed by atoms with Crippen molar-refractivity contribution in [2.45, 2.75) is 25.7 Å². The van der Waals surface area contributed by atoms with Crippen molar-refractivity contribution in [1.82, 2.24) is 4.98 Å². The first-order valence-electron chi connectivity index (χ1n) is 6.16. The van der Waals surface area contributed by atoms with E-state index in [9.17, 15) is 0 Å². The fraction of sp³-hybridized carbons (Fsp3) is 0.615. The predicted molar refractivity (Wildman–Crippen MR) is 67.6 cm³/mol. The molecule has 1 aromatic rings. The molecule has 0 aliphatic heterocycles. The van der Waals surface area contributed by atoms with Crippen LogP contribution in [0.4, 0.5) is 5.82 Å². The van der Waals surface area contributed by atoms with Gasteiger partial charge in [0, 0.05) is 19.8 Å². The minimum Gasteiger partial charge on any atom is -0.359 e. The Morgan fingerprint density at radius 2 is 2.31 bits per heavy atom. The van der Waals surface area contributed by atoms with Crippen LogP contribution in [0.25, 0.3) is 0 Å². The summed E-state index contributed by atoms with van der Waals surface area (Å²) in [6.07, 6.45) is 6.94. The second-order valence-corrected chi connectivity index (χ2v) is 4.70. The predicted octanol–water partition coefficient (Wildman–Crippen LogP) is 1.82. The monoisotopic (exact) mass is 219 g/mol. The van der Waals surface area contributed by atoms with E-state index in [1.54, 1.807) is 0 Å². The maximum atomic E-state index is 5.62. The third-order valence-electron chi connectivity index (χ3n) is 3.40. The summed E-state index contributed by atoms with van der Waals surface area (Å²) < 4.78 is 0. The average Bonchev–Trinajstić information content (AvgIpc) is 2.24. The van der Waals surface area contributed by atoms with Crippen molar-refractivity contribution in [1.29, 1.82) is 0 Å². The summed E-state index contributed by atoms with van der Waals surface area (Å²) >= 11 is 0. The molecule has 0 unspecified atom stereocenters. The first-order valence-corrected chi connectivity index (χ1v) is 6.16. The van der Waals surface area contributed by atoms with Crippen molar-refractivity contribution in [3.63, 3.8) is 0 Å². The highest BCUT2D eigenvalue weighted by Gasteiger charge is 2.20. The fourth-order valence-electron chi connectivity index (χ4n) is 2.27. The number of hydrogen-bond donors (Lipinski definition) is 1. The molecular weight excluding hydrogens is 198 g/mol. The van der Waals surface area contributed by atoms with Gasteiger partial charge >= 0.3 is 0 Å². The van der Waals surface area contributed by atoms with Crippen LogP contribution in [0.3, 0.4) is 0 Å². The maximum Gasteiger partial charge on any atom is 0.131 e. The van der Waals surface area contributed by atoms with E-state index in [1.165, 1.54) is 24.8 Å². The summed E-state index contributed by atoms with van der Waals surface area (Å²) in [5.74, 6) is 1.98. The van der Waals surface area contributed by atoms with Gasteiger partial charge in [-0.3, -0.25) is 0 Å². The topological polar surface area (TPSA) is 42.2 Å². The van der Waals surface area contributed by atoms with E-state index in [0.717, 1.165) is 24.7 Å². The maximum absolute atomic E-state index is 5.62. The molecule has 2 N–H and O–H groups in total. The van der Waals surface area contributed by atoms with Crippen LogP contribution in [0.1, 0.15) is 24.8 Å². The molecule has 0 saturated heterocycles. The Morgan fingerprint density at radius 1 is 1.50 bits per heavy atom. The summed E-state index contributed by atoms with van der Waals surface area (Å²) in [6, 6.07) is 4.12. The average molecular weight is 219 g/mol. The van der Waals surface area contributed by atoms with Crippen molar-refractivity contribution in [2.75, 3.05) is 25.0 Å². The Balaban J connectivity index is 2.04. The Morgan fingerprint density at radius 3 is 2.94 bits per heavy atom. The van der Waals surface area contributed by atoms with E-state index >= 15 is 0 Å². The number of rotatable bonds is 5. The molecule has 1 heterocycles. The zero-order valence-electron chi connectivity index (χ0n) is 10.0. The Hall–Kier alpha value is -1.09. The largest absolute Gasteiger partial charge is 0.359 e. The molecule has 1 aliphatic carbocycles. The SMILES string of the molecule is CN(CC1CCC1)c1ncccc1CCN. The Kier molecular flexibility index (Phi) is 3.78. The van der Waals surface area contributed by atoms with Crippen molar-refractivity contribution in [3.8, 4) is 0 Å². The lowest BCUT2D eigenvalue weighted by Crippen LogP contribution is -2.30. The molecule has 3 heteroatoms. The molecular formula is C13H21N3. The van der Waals surface area contributed by atoms with E-state index in [1.807, 2.05) is 12.3 Å². The summed E-state index contributed by atoms with van der Waals surface area (Å²) in [5.41, 5.74) is 6.89. The van der Waals surface area contributed by atoms with E-state index in [-0.39, 0.29) is 0 Å². The number of nitrogens with zero attached hydrogens (tertiary/aromatic N) is 2. The summed E-state index contributed by atoms with van der Waals surface area (Å²) in [5, 5.41) is 0. The third-order valence-corrected chi connectivity index (χ3v) is 3.40. The van der Waals surface area contributed by atoms with Crippen LogP contribution >= 0.6 is 0 Å². The lowest BCUT2D eigenvalue weighted by atomic mass is 9.85. The molecule has 0 amide bonds. The standard InChI is InChI=1S/C13H21N3/c1-16(10-11-4-2-5-11)13-12(7-8-14)6-3-9-15-13/h3,6,9,11H,2,4-5,7-8,10,14H2,1H3. The van der Waals surface area contributed by atoms with Crippen LogP contribution in [0, 0.1) is 5.92 Å². The summed E-state index contributed by atoms with van der Waals surface area (Å²) in [4.78, 5) is 6.77. The second kappa shape index (κ2) is 5.30. The molecule has 0 spiro atoms. The van der Waals surface area contributed by atoms with Crippen molar-refractivity contribution in [2.24, 2.45) is 11.7 Å². The number of pyridine rings is 1. The van der Waals surface area contributed by atoms with Gasteiger partial charge in [0.15, 0.2) is 0 Å². The highest BCUT2D eigenvalue weighted by molar-refractivity contribution is 5.46. The zero-order chi connectivity index (χ0) is 11.4. The molecule has 0 bridgehead atoms. The molecule has 16 heavy (non-hydrogen) atoms. The van der Waals surface area contributed by atoms with Crippen molar-refractivity contribution < 1.29 is 0 Å². The van der Waals surface area contributed by atoms with E-state index < -0.39 is 0 Å². The minimum atomic E-state index is 0.690. The van der Waals surface area contributed by atoms with Crippen LogP contribution in [-0.2, 0) is 6.42 Å². The van der Waals surface area contributed by atoms with Crippen molar-refractivity contribution >= 4 is 5.82 Å². The Labute approximate surface area is 97.7 Å². The molecule has 0 radical (unpaired) electrons. The quantitative estimate of drug-likeness (QED) is 0.821. The van der Waals surface area contributed by atoms with E-state index in [0.29, 0.717) is 6.54 Å². The summed E-state index contributed by atoms with van der Waals surface area (Å²) in [7, 11) is 2.14. The van der Waals surface area contributed by atoms with Gasteiger partial charge in [-0.2, -0.15) is 0 Å². The molecule has 3 nitrogen and oxygen atoms in total. The van der Waals surface area contributed by atoms with Gasteiger partial charge in [-0.15, -0.1) is 0 Å². The van der Waals surface area contributed by atoms with Gasteiger partial charge in [0.1, 0.15) is 5.82 Å². The van der Waals surface area contributed by atoms with Gasteiger partial charge in [-0.25, -0.2) is 4.98 Å². The molecule has 1 fully saturated rings. The first kappa shape index (κ1) is 11.4. The van der Waals surface area contributed by atoms with Crippen LogP contribution in [0.5, 0.6) is 0 Å². The lowest BCUT2D eigenvalue weighted by Gasteiger charge is -2.31. The zero-order valence-corrected chi connectivity index (χ0v) is 10.0. The van der Waals surface area contributed by atoms with Gasteiger partial charge in [0.05, 0.1) is 0 Å². The molecule has 1 aromatic heterocycles. The molecule has 2 rings (SSSR count). The number of nitrogens with two attached hydrogens (primary N) is 1. The van der Waals surface area contributed by atoms with Crippen LogP contribution in [0.2, 0.25) is 0 Å². The first-order chi connectivity index (χ1) is 7.81. The van der Waals surface area contributed by atoms with Gasteiger partial charge in [0.25, 0.3) is 0 Å². The van der Waals surface area contributed by atoms with Gasteiger partial charge in [0.2, 0.25) is 0 Å². The molecule has 0 atom stereocenters. The van der Waals surface area contributed by atoms with Crippen LogP contribution in [-0.4, -0.2) is 25.1 Å².